The highest BCUT2D eigenvalue weighted by Crippen LogP contribution is 2.25. The molecular formula is C12H13N5O2S2. The van der Waals surface area contributed by atoms with Crippen molar-refractivity contribution in [3.8, 4) is 0 Å². The SMILES string of the molecule is Cc1nn(C)c2ncc(S(=O)(=O)N(C)c3nccs3)cc12. The molecule has 0 aromatic carbocycles. The van der Waals surface area contributed by atoms with Gasteiger partial charge in [0.15, 0.2) is 10.8 Å². The van der Waals surface area contributed by atoms with Gasteiger partial charge in [-0.25, -0.2) is 22.7 Å². The lowest BCUT2D eigenvalue weighted by Gasteiger charge is -2.15. The zero-order valence-corrected chi connectivity index (χ0v) is 13.3. The van der Waals surface area contributed by atoms with Crippen LogP contribution in [-0.4, -0.2) is 35.2 Å². The van der Waals surface area contributed by atoms with E-state index in [0.29, 0.717) is 10.8 Å². The third-order valence-electron chi connectivity index (χ3n) is 3.18. The number of hydrogen-bond donors (Lipinski definition) is 0. The number of aryl methyl sites for hydroxylation is 2. The molecule has 3 rings (SSSR count). The lowest BCUT2D eigenvalue weighted by atomic mass is 10.3. The Morgan fingerprint density at radius 3 is 2.76 bits per heavy atom. The van der Waals surface area contributed by atoms with Crippen LogP contribution in [0.4, 0.5) is 5.13 Å². The molecule has 0 unspecified atom stereocenters. The fourth-order valence-corrected chi connectivity index (χ4v) is 4.02. The average Bonchev–Trinajstić information content (AvgIpc) is 3.07. The molecule has 3 heterocycles. The first-order valence-electron chi connectivity index (χ1n) is 6.09. The minimum absolute atomic E-state index is 0.129. The maximum Gasteiger partial charge on any atom is 0.267 e. The van der Waals surface area contributed by atoms with E-state index in [0.717, 1.165) is 15.4 Å². The lowest BCUT2D eigenvalue weighted by molar-refractivity contribution is 0.594. The van der Waals surface area contributed by atoms with E-state index >= 15 is 0 Å². The molecule has 21 heavy (non-hydrogen) atoms. The second-order valence-electron chi connectivity index (χ2n) is 4.54. The largest absolute Gasteiger partial charge is 0.267 e. The summed E-state index contributed by atoms with van der Waals surface area (Å²) in [7, 11) is -0.423. The molecule has 0 aliphatic rings. The molecule has 3 aromatic heterocycles. The molecule has 0 amide bonds. The van der Waals surface area contributed by atoms with E-state index in [2.05, 4.69) is 15.1 Å². The summed E-state index contributed by atoms with van der Waals surface area (Å²) in [5, 5.41) is 7.12. The van der Waals surface area contributed by atoms with Crippen LogP contribution in [0.1, 0.15) is 5.69 Å². The first-order valence-corrected chi connectivity index (χ1v) is 8.41. The third kappa shape index (κ3) is 2.18. The van der Waals surface area contributed by atoms with Crippen molar-refractivity contribution in [3.63, 3.8) is 0 Å². The molecule has 0 spiro atoms. The Balaban J connectivity index is 2.13. The van der Waals surface area contributed by atoms with Crippen molar-refractivity contribution >= 4 is 37.5 Å². The Hall–Kier alpha value is -2.00. The molecule has 7 nitrogen and oxygen atoms in total. The molecule has 0 radical (unpaired) electrons. The van der Waals surface area contributed by atoms with Gasteiger partial charge >= 0.3 is 0 Å². The Kier molecular flexibility index (Phi) is 3.18. The monoisotopic (exact) mass is 323 g/mol. The van der Waals surface area contributed by atoms with Gasteiger partial charge in [0.1, 0.15) is 4.90 Å². The molecule has 110 valence electrons. The summed E-state index contributed by atoms with van der Waals surface area (Å²) in [5.41, 5.74) is 1.40. The second-order valence-corrected chi connectivity index (χ2v) is 7.38. The number of pyridine rings is 1. The number of fused-ring (bicyclic) bond motifs is 1. The molecule has 0 bridgehead atoms. The summed E-state index contributed by atoms with van der Waals surface area (Å²) in [4.78, 5) is 8.36. The fraction of sp³-hybridized carbons (Fsp3) is 0.250. The first-order chi connectivity index (χ1) is 9.91. The number of nitrogens with zero attached hydrogens (tertiary/aromatic N) is 5. The van der Waals surface area contributed by atoms with Crippen LogP contribution in [0.25, 0.3) is 11.0 Å². The Morgan fingerprint density at radius 2 is 2.10 bits per heavy atom. The van der Waals surface area contributed by atoms with Gasteiger partial charge in [0.05, 0.1) is 5.69 Å². The Morgan fingerprint density at radius 1 is 1.33 bits per heavy atom. The van der Waals surface area contributed by atoms with Gasteiger partial charge in [-0.3, -0.25) is 4.68 Å². The van der Waals surface area contributed by atoms with Crippen molar-refractivity contribution in [1.82, 2.24) is 19.7 Å². The van der Waals surface area contributed by atoms with Crippen LogP contribution in [0.3, 0.4) is 0 Å². The van der Waals surface area contributed by atoms with Gasteiger partial charge in [0.2, 0.25) is 0 Å². The van der Waals surface area contributed by atoms with Crippen LogP contribution >= 0.6 is 11.3 Å². The zero-order valence-electron chi connectivity index (χ0n) is 11.7. The Bertz CT molecular complexity index is 899. The highest BCUT2D eigenvalue weighted by molar-refractivity contribution is 7.93. The van der Waals surface area contributed by atoms with Gasteiger partial charge in [-0.15, -0.1) is 11.3 Å². The van der Waals surface area contributed by atoms with Crippen LogP contribution in [0, 0.1) is 6.92 Å². The predicted molar refractivity (Wildman–Crippen MR) is 80.9 cm³/mol. The molecule has 0 atom stereocenters. The maximum absolute atomic E-state index is 12.6. The van der Waals surface area contributed by atoms with Gasteiger partial charge in [0, 0.05) is 37.3 Å². The van der Waals surface area contributed by atoms with Crippen LogP contribution in [0.5, 0.6) is 0 Å². The molecule has 0 saturated heterocycles. The summed E-state index contributed by atoms with van der Waals surface area (Å²) in [5.74, 6) is 0. The summed E-state index contributed by atoms with van der Waals surface area (Å²) in [6.45, 7) is 1.82. The zero-order chi connectivity index (χ0) is 15.2. The molecule has 0 N–H and O–H groups in total. The van der Waals surface area contributed by atoms with E-state index in [9.17, 15) is 8.42 Å². The van der Waals surface area contributed by atoms with Gasteiger partial charge in [0.25, 0.3) is 10.0 Å². The molecular weight excluding hydrogens is 310 g/mol. The van der Waals surface area contributed by atoms with Crippen LogP contribution in [0.15, 0.2) is 28.7 Å². The highest BCUT2D eigenvalue weighted by Gasteiger charge is 2.24. The van der Waals surface area contributed by atoms with E-state index in [1.165, 1.54) is 24.6 Å². The minimum atomic E-state index is -3.68. The predicted octanol–water partition coefficient (Wildman–Crippen LogP) is 1.56. The highest BCUT2D eigenvalue weighted by atomic mass is 32.2. The fourth-order valence-electron chi connectivity index (χ4n) is 2.06. The molecule has 9 heteroatoms. The second kappa shape index (κ2) is 4.78. The van der Waals surface area contributed by atoms with Crippen molar-refractivity contribution in [1.29, 1.82) is 0 Å². The lowest BCUT2D eigenvalue weighted by Crippen LogP contribution is -2.26. The quantitative estimate of drug-likeness (QED) is 0.730. The number of hydrogen-bond acceptors (Lipinski definition) is 6. The first kappa shape index (κ1) is 14.0. The van der Waals surface area contributed by atoms with Crippen LogP contribution < -0.4 is 4.31 Å². The van der Waals surface area contributed by atoms with E-state index < -0.39 is 10.0 Å². The smallest absolute Gasteiger partial charge is 0.250 e. The van der Waals surface area contributed by atoms with Crippen molar-refractivity contribution in [3.05, 3.63) is 29.5 Å². The number of thiazole rings is 1. The van der Waals surface area contributed by atoms with E-state index in [4.69, 9.17) is 0 Å². The third-order valence-corrected chi connectivity index (χ3v) is 5.86. The average molecular weight is 323 g/mol. The molecule has 3 aromatic rings. The van der Waals surface area contributed by atoms with Crippen molar-refractivity contribution in [2.45, 2.75) is 11.8 Å². The van der Waals surface area contributed by atoms with Gasteiger partial charge in [-0.2, -0.15) is 5.10 Å². The normalized spacial score (nSPS) is 12.0. The van der Waals surface area contributed by atoms with Crippen molar-refractivity contribution in [2.75, 3.05) is 11.4 Å². The molecule has 0 aliphatic heterocycles. The van der Waals surface area contributed by atoms with E-state index in [1.807, 2.05) is 6.92 Å². The van der Waals surface area contributed by atoms with Crippen LogP contribution in [0.2, 0.25) is 0 Å². The maximum atomic E-state index is 12.6. The summed E-state index contributed by atoms with van der Waals surface area (Å²) in [6, 6.07) is 1.60. The van der Waals surface area contributed by atoms with E-state index in [1.54, 1.807) is 29.4 Å². The topological polar surface area (TPSA) is 81.0 Å². The summed E-state index contributed by atoms with van der Waals surface area (Å²) >= 11 is 1.26. The van der Waals surface area contributed by atoms with Gasteiger partial charge in [-0.05, 0) is 13.0 Å². The molecule has 0 fully saturated rings. The van der Waals surface area contributed by atoms with Crippen molar-refractivity contribution < 1.29 is 8.42 Å². The molecule has 0 aliphatic carbocycles. The van der Waals surface area contributed by atoms with Crippen LogP contribution in [-0.2, 0) is 17.1 Å². The summed E-state index contributed by atoms with van der Waals surface area (Å²) in [6.07, 6.45) is 2.92. The van der Waals surface area contributed by atoms with Gasteiger partial charge < -0.3 is 0 Å². The number of sulfonamides is 1. The van der Waals surface area contributed by atoms with E-state index in [-0.39, 0.29) is 4.90 Å². The van der Waals surface area contributed by atoms with Gasteiger partial charge in [-0.1, -0.05) is 0 Å². The number of aromatic nitrogens is 4. The molecule has 0 saturated carbocycles. The van der Waals surface area contributed by atoms with Crippen molar-refractivity contribution in [2.24, 2.45) is 7.05 Å². The number of rotatable bonds is 3. The Labute approximate surface area is 125 Å². The standard InChI is InChI=1S/C12H13N5O2S2/c1-8-10-6-9(7-14-11(10)16(2)15-8)21(18,19)17(3)12-13-4-5-20-12/h4-7H,1-3H3. The number of anilines is 1. The minimum Gasteiger partial charge on any atom is -0.250 e. The summed E-state index contributed by atoms with van der Waals surface area (Å²) < 4.78 is 28.0.